The lowest BCUT2D eigenvalue weighted by Crippen LogP contribution is -2.17. The second-order valence-corrected chi connectivity index (χ2v) is 22.1. The monoisotopic (exact) mass is 1030 g/mol. The van der Waals surface area contributed by atoms with E-state index in [1.807, 2.05) is 0 Å². The SMILES string of the molecule is CC1(C)c2ccccc2-c2ccc(N(c3ccccc3-c3ccc(-c4ccc5c(c4)c4ccccc4n5-c4cc(-c5ccc(-c6ccccc6)cc5)cc(-c5ccc(-c6ccccc6)cc5)c4)cc3)c3cccc4ccccc34)cc21. The predicted octanol–water partition coefficient (Wildman–Crippen LogP) is 21.7. The minimum atomic E-state index is -0.137. The summed E-state index contributed by atoms with van der Waals surface area (Å²) in [5, 5.41) is 4.86. The third kappa shape index (κ3) is 8.35. The van der Waals surface area contributed by atoms with Crippen LogP contribution in [0.15, 0.2) is 303 Å². The molecule has 13 aromatic carbocycles. The number of hydrogen-bond donors (Lipinski definition) is 0. The van der Waals surface area contributed by atoms with Crippen molar-refractivity contribution in [3.63, 3.8) is 0 Å². The first kappa shape index (κ1) is 47.9. The molecule has 15 rings (SSSR count). The molecule has 0 aliphatic heterocycles. The summed E-state index contributed by atoms with van der Waals surface area (Å²) in [5.41, 5.74) is 26.3. The summed E-state index contributed by atoms with van der Waals surface area (Å²) >= 11 is 0. The van der Waals surface area contributed by atoms with Gasteiger partial charge in [-0.05, 0) is 150 Å². The maximum Gasteiger partial charge on any atom is 0.0541 e. The van der Waals surface area contributed by atoms with Crippen molar-refractivity contribution in [2.45, 2.75) is 19.3 Å². The minimum Gasteiger partial charge on any atom is -0.309 e. The van der Waals surface area contributed by atoms with Crippen LogP contribution in [-0.4, -0.2) is 4.57 Å². The molecule has 0 saturated carbocycles. The molecular weight excluding hydrogens is 977 g/mol. The fraction of sp³-hybridized carbons (Fsp3) is 0.0380. The third-order valence-corrected chi connectivity index (χ3v) is 17.0. The molecule has 382 valence electrons. The first-order valence-corrected chi connectivity index (χ1v) is 28.1. The van der Waals surface area contributed by atoms with Crippen LogP contribution in [0.25, 0.3) is 116 Å². The molecule has 1 aliphatic carbocycles. The number of fused-ring (bicyclic) bond motifs is 7. The average Bonchev–Trinajstić information content (AvgIpc) is 4.11. The Hall–Kier alpha value is -10.3. The van der Waals surface area contributed by atoms with Crippen LogP contribution in [0, 0.1) is 0 Å². The first-order valence-electron chi connectivity index (χ1n) is 28.1. The lowest BCUT2D eigenvalue weighted by Gasteiger charge is -2.30. The van der Waals surface area contributed by atoms with Crippen molar-refractivity contribution in [3.05, 3.63) is 314 Å². The van der Waals surface area contributed by atoms with Crippen molar-refractivity contribution in [2.24, 2.45) is 0 Å². The molecule has 1 aromatic heterocycles. The van der Waals surface area contributed by atoms with Gasteiger partial charge < -0.3 is 9.47 Å². The van der Waals surface area contributed by atoms with Crippen molar-refractivity contribution in [1.29, 1.82) is 0 Å². The molecule has 0 atom stereocenters. The standard InChI is InChI=1S/C79H56N2/c1-79(2)73-28-14-11-26-69(73)70-46-45-65(52-74(70)79)80(76-31-17-23-60-22-9-10-24-67(60)76)75-29-15-12-25-68(75)61-42-40-57(41-43-61)62-44-47-78-72(51-62)71-27-13-16-30-77(71)81(78)66-49-63(58-36-32-55(33-37-58)53-18-5-3-6-19-53)48-64(50-66)59-38-34-56(35-39-59)54-20-7-4-8-21-54/h3-52H,1-2H3. The average molecular weight is 1030 g/mol. The summed E-state index contributed by atoms with van der Waals surface area (Å²) in [7, 11) is 0. The Bertz CT molecular complexity index is 4570. The Labute approximate surface area is 473 Å². The van der Waals surface area contributed by atoms with Gasteiger partial charge in [-0.3, -0.25) is 0 Å². The summed E-state index contributed by atoms with van der Waals surface area (Å²) in [5.74, 6) is 0. The normalized spacial score (nSPS) is 12.4. The number of anilines is 3. The van der Waals surface area contributed by atoms with Crippen LogP contribution in [0.1, 0.15) is 25.0 Å². The van der Waals surface area contributed by atoms with E-state index in [0.29, 0.717) is 0 Å². The van der Waals surface area contributed by atoms with E-state index in [1.165, 1.54) is 116 Å². The highest BCUT2D eigenvalue weighted by molar-refractivity contribution is 6.11. The van der Waals surface area contributed by atoms with E-state index >= 15 is 0 Å². The fourth-order valence-corrected chi connectivity index (χ4v) is 12.9. The van der Waals surface area contributed by atoms with Crippen LogP contribution in [0.5, 0.6) is 0 Å². The maximum atomic E-state index is 2.48. The predicted molar refractivity (Wildman–Crippen MR) is 343 cm³/mol. The number of para-hydroxylation sites is 2. The van der Waals surface area contributed by atoms with Crippen molar-refractivity contribution < 1.29 is 0 Å². The molecule has 2 heteroatoms. The van der Waals surface area contributed by atoms with Gasteiger partial charge in [-0.1, -0.05) is 257 Å². The molecule has 0 saturated heterocycles. The van der Waals surface area contributed by atoms with Gasteiger partial charge in [0.25, 0.3) is 0 Å². The Kier molecular flexibility index (Phi) is 11.6. The summed E-state index contributed by atoms with van der Waals surface area (Å²) in [6.07, 6.45) is 0. The van der Waals surface area contributed by atoms with Crippen LogP contribution in [0.4, 0.5) is 17.1 Å². The van der Waals surface area contributed by atoms with Crippen molar-refractivity contribution in [2.75, 3.05) is 4.90 Å². The molecule has 0 bridgehead atoms. The lowest BCUT2D eigenvalue weighted by atomic mass is 9.82. The second-order valence-electron chi connectivity index (χ2n) is 22.1. The number of nitrogens with zero attached hydrogens (tertiary/aromatic N) is 2. The molecule has 2 nitrogen and oxygen atoms in total. The smallest absolute Gasteiger partial charge is 0.0541 e. The van der Waals surface area contributed by atoms with Gasteiger partial charge in [-0.2, -0.15) is 0 Å². The van der Waals surface area contributed by atoms with E-state index in [9.17, 15) is 0 Å². The zero-order valence-electron chi connectivity index (χ0n) is 45.3. The molecule has 0 amide bonds. The first-order chi connectivity index (χ1) is 39.9. The van der Waals surface area contributed by atoms with E-state index in [-0.39, 0.29) is 5.41 Å². The Morgan fingerprint density at radius 2 is 0.741 bits per heavy atom. The van der Waals surface area contributed by atoms with Gasteiger partial charge in [-0.25, -0.2) is 0 Å². The second kappa shape index (κ2) is 19.6. The Morgan fingerprint density at radius 1 is 0.272 bits per heavy atom. The summed E-state index contributed by atoms with van der Waals surface area (Å²) < 4.78 is 2.46. The summed E-state index contributed by atoms with van der Waals surface area (Å²) in [4.78, 5) is 2.48. The third-order valence-electron chi connectivity index (χ3n) is 17.0. The summed E-state index contributed by atoms with van der Waals surface area (Å²) in [6.45, 7) is 4.73. The van der Waals surface area contributed by atoms with Crippen LogP contribution in [0.2, 0.25) is 0 Å². The lowest BCUT2D eigenvalue weighted by molar-refractivity contribution is 0.660. The molecule has 1 heterocycles. The summed E-state index contributed by atoms with van der Waals surface area (Å²) in [6, 6.07) is 112. The van der Waals surface area contributed by atoms with Gasteiger partial charge in [0, 0.05) is 38.5 Å². The van der Waals surface area contributed by atoms with Crippen LogP contribution >= 0.6 is 0 Å². The largest absolute Gasteiger partial charge is 0.309 e. The maximum absolute atomic E-state index is 2.48. The van der Waals surface area contributed by atoms with Crippen molar-refractivity contribution in [3.8, 4) is 83.6 Å². The molecule has 0 N–H and O–H groups in total. The van der Waals surface area contributed by atoms with Gasteiger partial charge in [0.1, 0.15) is 0 Å². The van der Waals surface area contributed by atoms with E-state index in [1.54, 1.807) is 0 Å². The number of benzene rings is 13. The van der Waals surface area contributed by atoms with Crippen molar-refractivity contribution >= 4 is 49.6 Å². The molecule has 14 aromatic rings. The zero-order chi connectivity index (χ0) is 54.0. The van der Waals surface area contributed by atoms with Gasteiger partial charge in [0.2, 0.25) is 0 Å². The minimum absolute atomic E-state index is 0.137. The molecule has 0 radical (unpaired) electrons. The Balaban J connectivity index is 0.819. The van der Waals surface area contributed by atoms with Crippen LogP contribution in [-0.2, 0) is 5.41 Å². The number of hydrogen-bond acceptors (Lipinski definition) is 1. The van der Waals surface area contributed by atoms with Crippen LogP contribution in [0.3, 0.4) is 0 Å². The van der Waals surface area contributed by atoms with Gasteiger partial charge in [-0.15, -0.1) is 0 Å². The highest BCUT2D eigenvalue weighted by atomic mass is 15.1. The highest BCUT2D eigenvalue weighted by Crippen LogP contribution is 2.52. The number of aromatic nitrogens is 1. The molecule has 0 fully saturated rings. The number of rotatable bonds is 10. The molecule has 0 spiro atoms. The van der Waals surface area contributed by atoms with Crippen molar-refractivity contribution in [1.82, 2.24) is 4.57 Å². The fourth-order valence-electron chi connectivity index (χ4n) is 12.9. The van der Waals surface area contributed by atoms with E-state index in [4.69, 9.17) is 0 Å². The Morgan fingerprint density at radius 3 is 1.42 bits per heavy atom. The molecule has 0 unspecified atom stereocenters. The zero-order valence-corrected chi connectivity index (χ0v) is 45.3. The van der Waals surface area contributed by atoms with Gasteiger partial charge in [0.05, 0.1) is 22.4 Å². The van der Waals surface area contributed by atoms with E-state index in [2.05, 4.69) is 327 Å². The van der Waals surface area contributed by atoms with Gasteiger partial charge >= 0.3 is 0 Å². The molecule has 81 heavy (non-hydrogen) atoms. The quantitative estimate of drug-likeness (QED) is 0.133. The van der Waals surface area contributed by atoms with E-state index in [0.717, 1.165) is 28.3 Å². The van der Waals surface area contributed by atoms with E-state index < -0.39 is 0 Å². The van der Waals surface area contributed by atoms with Crippen LogP contribution < -0.4 is 4.90 Å². The van der Waals surface area contributed by atoms with Gasteiger partial charge in [0.15, 0.2) is 0 Å². The molecular formula is C79H56N2. The molecule has 1 aliphatic rings. The highest BCUT2D eigenvalue weighted by Gasteiger charge is 2.36. The topological polar surface area (TPSA) is 8.17 Å².